The lowest BCUT2D eigenvalue weighted by Gasteiger charge is -2.13. The van der Waals surface area contributed by atoms with Crippen molar-refractivity contribution in [2.45, 2.75) is 13.0 Å². The molecule has 0 saturated carbocycles. The lowest BCUT2D eigenvalue weighted by atomic mass is 10.2. The molecule has 1 aromatic rings. The van der Waals surface area contributed by atoms with Gasteiger partial charge in [0.25, 0.3) is 5.69 Å². The van der Waals surface area contributed by atoms with Gasteiger partial charge in [0.15, 0.2) is 11.6 Å². The van der Waals surface area contributed by atoms with Gasteiger partial charge in [0.1, 0.15) is 5.69 Å². The Morgan fingerprint density at radius 3 is 2.38 bits per heavy atom. The number of benzene rings is 1. The van der Waals surface area contributed by atoms with E-state index in [-0.39, 0.29) is 12.6 Å². The second-order valence-electron chi connectivity index (χ2n) is 3.32. The molecule has 0 aromatic heterocycles. The largest absolute Gasteiger partial charge is 0.377 e. The van der Waals surface area contributed by atoms with E-state index in [1.807, 2.05) is 0 Å². The highest BCUT2D eigenvalue weighted by atomic mass is 19.1. The normalized spacial score (nSPS) is 12.2. The van der Waals surface area contributed by atoms with Crippen LogP contribution in [-0.2, 0) is 0 Å². The summed E-state index contributed by atoms with van der Waals surface area (Å²) in [5, 5.41) is 12.8. The van der Waals surface area contributed by atoms with Crippen LogP contribution in [0.15, 0.2) is 12.1 Å². The van der Waals surface area contributed by atoms with E-state index in [1.165, 1.54) is 0 Å². The summed E-state index contributed by atoms with van der Waals surface area (Å²) >= 11 is 0. The minimum Gasteiger partial charge on any atom is -0.377 e. The summed E-state index contributed by atoms with van der Waals surface area (Å²) in [5.41, 5.74) is 4.26. The molecule has 0 fully saturated rings. The van der Waals surface area contributed by atoms with Crippen molar-refractivity contribution in [2.75, 3.05) is 11.9 Å². The summed E-state index contributed by atoms with van der Waals surface area (Å²) in [4.78, 5) is 9.47. The number of nitrogens with two attached hydrogens (primary N) is 1. The fraction of sp³-hybridized carbons (Fsp3) is 0.333. The maximum atomic E-state index is 13.3. The van der Waals surface area contributed by atoms with Crippen LogP contribution in [0.25, 0.3) is 0 Å². The van der Waals surface area contributed by atoms with Crippen LogP contribution in [0.4, 0.5) is 20.2 Å². The van der Waals surface area contributed by atoms with Gasteiger partial charge >= 0.3 is 0 Å². The number of anilines is 1. The van der Waals surface area contributed by atoms with E-state index in [9.17, 15) is 18.9 Å². The van der Waals surface area contributed by atoms with Crippen molar-refractivity contribution in [2.24, 2.45) is 5.73 Å². The molecule has 5 nitrogen and oxygen atoms in total. The van der Waals surface area contributed by atoms with Gasteiger partial charge in [-0.05, 0) is 6.92 Å². The van der Waals surface area contributed by atoms with Gasteiger partial charge in [-0.1, -0.05) is 0 Å². The number of rotatable bonds is 4. The molecule has 3 N–H and O–H groups in total. The Kier molecular flexibility index (Phi) is 3.73. The molecule has 16 heavy (non-hydrogen) atoms. The lowest BCUT2D eigenvalue weighted by molar-refractivity contribution is -0.385. The van der Waals surface area contributed by atoms with Crippen LogP contribution < -0.4 is 11.1 Å². The first-order chi connectivity index (χ1) is 7.45. The molecular weight excluding hydrogens is 220 g/mol. The van der Waals surface area contributed by atoms with Gasteiger partial charge in [-0.3, -0.25) is 10.1 Å². The van der Waals surface area contributed by atoms with E-state index in [4.69, 9.17) is 5.73 Å². The summed E-state index contributed by atoms with van der Waals surface area (Å²) in [6, 6.07) is 0.994. The molecule has 0 saturated heterocycles. The maximum Gasteiger partial charge on any atom is 0.275 e. The summed E-state index contributed by atoms with van der Waals surface area (Å²) in [6.45, 7) is 1.83. The number of nitro benzene ring substituents is 1. The highest BCUT2D eigenvalue weighted by Gasteiger charge is 2.17. The van der Waals surface area contributed by atoms with Crippen molar-refractivity contribution in [3.8, 4) is 0 Å². The highest BCUT2D eigenvalue weighted by molar-refractivity contribution is 5.52. The van der Waals surface area contributed by atoms with Crippen LogP contribution in [0.1, 0.15) is 6.92 Å². The molecule has 0 amide bonds. The first kappa shape index (κ1) is 12.3. The summed E-state index contributed by atoms with van der Waals surface area (Å²) in [6.07, 6.45) is 0. The third kappa shape index (κ3) is 2.63. The second kappa shape index (κ2) is 4.84. The first-order valence-corrected chi connectivity index (χ1v) is 4.55. The zero-order chi connectivity index (χ0) is 12.3. The van der Waals surface area contributed by atoms with E-state index in [2.05, 4.69) is 5.32 Å². The van der Waals surface area contributed by atoms with E-state index in [0.717, 1.165) is 0 Å². The third-order valence-corrected chi connectivity index (χ3v) is 1.98. The van der Waals surface area contributed by atoms with Gasteiger partial charge < -0.3 is 11.1 Å². The monoisotopic (exact) mass is 231 g/mol. The minimum atomic E-state index is -1.01. The molecule has 7 heteroatoms. The van der Waals surface area contributed by atoms with Crippen molar-refractivity contribution >= 4 is 11.4 Å². The smallest absolute Gasteiger partial charge is 0.275 e. The summed E-state index contributed by atoms with van der Waals surface area (Å²) in [5.74, 6) is -2.01. The second-order valence-corrected chi connectivity index (χ2v) is 3.32. The number of hydrogen-bond acceptors (Lipinski definition) is 4. The summed E-state index contributed by atoms with van der Waals surface area (Å²) in [7, 11) is 0. The number of hydrogen-bond donors (Lipinski definition) is 2. The Labute approximate surface area is 90.4 Å². The van der Waals surface area contributed by atoms with Crippen LogP contribution >= 0.6 is 0 Å². The van der Waals surface area contributed by atoms with E-state index < -0.39 is 27.9 Å². The standard InChI is InChI=1S/C9H11F2N3O2/c1-5(4-12)13-9-7(10)2-6(14(15)16)3-8(9)11/h2-3,5,13H,4,12H2,1H3. The maximum absolute atomic E-state index is 13.3. The Hall–Kier alpha value is -1.76. The van der Waals surface area contributed by atoms with Crippen LogP contribution in [-0.4, -0.2) is 17.5 Å². The van der Waals surface area contributed by atoms with Gasteiger partial charge in [-0.2, -0.15) is 0 Å². The van der Waals surface area contributed by atoms with E-state index in [1.54, 1.807) is 6.92 Å². The number of halogens is 2. The molecule has 0 aliphatic rings. The van der Waals surface area contributed by atoms with Gasteiger partial charge in [0, 0.05) is 12.6 Å². The molecule has 0 aliphatic carbocycles. The van der Waals surface area contributed by atoms with Crippen molar-refractivity contribution in [3.63, 3.8) is 0 Å². The predicted molar refractivity (Wildman–Crippen MR) is 55.2 cm³/mol. The number of non-ortho nitro benzene ring substituents is 1. The SMILES string of the molecule is CC(CN)Nc1c(F)cc([N+](=O)[O-])cc1F. The minimum absolute atomic E-state index is 0.190. The molecule has 0 bridgehead atoms. The molecule has 1 aromatic carbocycles. The first-order valence-electron chi connectivity index (χ1n) is 4.55. The Morgan fingerprint density at radius 2 is 2.00 bits per heavy atom. The molecule has 1 unspecified atom stereocenters. The Bertz CT molecular complexity index is 389. The zero-order valence-corrected chi connectivity index (χ0v) is 8.54. The average Bonchev–Trinajstić information content (AvgIpc) is 2.22. The summed E-state index contributed by atoms with van der Waals surface area (Å²) < 4.78 is 26.6. The Morgan fingerprint density at radius 1 is 1.50 bits per heavy atom. The molecule has 0 radical (unpaired) electrons. The highest BCUT2D eigenvalue weighted by Crippen LogP contribution is 2.25. The fourth-order valence-corrected chi connectivity index (χ4v) is 1.11. The van der Waals surface area contributed by atoms with Crippen LogP contribution in [0.2, 0.25) is 0 Å². The van der Waals surface area contributed by atoms with Crippen molar-refractivity contribution < 1.29 is 13.7 Å². The van der Waals surface area contributed by atoms with E-state index >= 15 is 0 Å². The molecular formula is C9H11F2N3O2. The lowest BCUT2D eigenvalue weighted by Crippen LogP contribution is -2.26. The van der Waals surface area contributed by atoms with Gasteiger partial charge in [0.2, 0.25) is 0 Å². The average molecular weight is 231 g/mol. The zero-order valence-electron chi connectivity index (χ0n) is 8.54. The van der Waals surface area contributed by atoms with Crippen molar-refractivity contribution in [3.05, 3.63) is 33.9 Å². The molecule has 1 rings (SSSR count). The fourth-order valence-electron chi connectivity index (χ4n) is 1.11. The topological polar surface area (TPSA) is 81.2 Å². The Balaban J connectivity index is 3.07. The van der Waals surface area contributed by atoms with E-state index in [0.29, 0.717) is 12.1 Å². The van der Waals surface area contributed by atoms with Gasteiger partial charge in [-0.25, -0.2) is 8.78 Å². The van der Waals surface area contributed by atoms with Crippen LogP contribution in [0, 0.1) is 21.7 Å². The van der Waals surface area contributed by atoms with Crippen LogP contribution in [0.5, 0.6) is 0 Å². The molecule has 0 aliphatic heterocycles. The number of nitrogens with zero attached hydrogens (tertiary/aromatic N) is 1. The van der Waals surface area contributed by atoms with Gasteiger partial charge in [-0.15, -0.1) is 0 Å². The molecule has 0 spiro atoms. The van der Waals surface area contributed by atoms with Gasteiger partial charge in [0.05, 0.1) is 17.1 Å². The predicted octanol–water partition coefficient (Wildman–Crippen LogP) is 1.63. The molecule has 0 heterocycles. The van der Waals surface area contributed by atoms with Crippen LogP contribution in [0.3, 0.4) is 0 Å². The number of nitro groups is 1. The third-order valence-electron chi connectivity index (χ3n) is 1.98. The van der Waals surface area contributed by atoms with Crippen molar-refractivity contribution in [1.29, 1.82) is 0 Å². The molecule has 88 valence electrons. The quantitative estimate of drug-likeness (QED) is 0.609. The van der Waals surface area contributed by atoms with Crippen molar-refractivity contribution in [1.82, 2.24) is 0 Å². The number of nitrogens with one attached hydrogen (secondary N) is 1. The molecule has 1 atom stereocenters.